The number of piperazine rings is 1. The minimum Gasteiger partial charge on any atom is -0.493 e. The molecule has 3 heterocycles. The van der Waals surface area contributed by atoms with Crippen molar-refractivity contribution in [2.45, 2.75) is 38.8 Å². The molecule has 0 bridgehead atoms. The minimum absolute atomic E-state index is 0.0705. The fraction of sp³-hybridized carbons (Fsp3) is 0.441. The van der Waals surface area contributed by atoms with Gasteiger partial charge >= 0.3 is 0 Å². The van der Waals surface area contributed by atoms with Crippen molar-refractivity contribution in [2.24, 2.45) is 0 Å². The van der Waals surface area contributed by atoms with Crippen LogP contribution >= 0.6 is 0 Å². The van der Waals surface area contributed by atoms with E-state index in [1.807, 2.05) is 64.2 Å². The smallest absolute Gasteiger partial charge is 0.253 e. The molecule has 0 atom stereocenters. The molecule has 0 radical (unpaired) electrons. The molecule has 44 heavy (non-hydrogen) atoms. The number of carbonyl (C=O) groups excluding carboxylic acids is 1. The SMILES string of the molecule is COCCCOc1cccc(-c2ccnc3c2nc(-c2ccc(C(=O)N4CCN(C)CC4)cc2)n3COCC[Si](C)(C)C)c1. The highest BCUT2D eigenvalue weighted by molar-refractivity contribution is 6.76. The number of benzene rings is 2. The summed E-state index contributed by atoms with van der Waals surface area (Å²) < 4.78 is 19.4. The van der Waals surface area contributed by atoms with Crippen LogP contribution in [-0.2, 0) is 16.2 Å². The van der Waals surface area contributed by atoms with E-state index in [0.29, 0.717) is 32.1 Å². The quantitative estimate of drug-likeness (QED) is 0.137. The molecule has 5 rings (SSSR count). The maximum absolute atomic E-state index is 13.2. The molecule has 4 aromatic rings. The maximum Gasteiger partial charge on any atom is 0.253 e. The third kappa shape index (κ3) is 7.92. The molecule has 1 fully saturated rings. The molecule has 0 aliphatic carbocycles. The zero-order chi connectivity index (χ0) is 31.1. The van der Waals surface area contributed by atoms with Gasteiger partial charge in [-0.05, 0) is 49.0 Å². The summed E-state index contributed by atoms with van der Waals surface area (Å²) in [5.74, 6) is 1.64. The number of fused-ring (bicyclic) bond motifs is 1. The summed E-state index contributed by atoms with van der Waals surface area (Å²) in [6, 6.07) is 18.9. The Labute approximate surface area is 261 Å². The van der Waals surface area contributed by atoms with Gasteiger partial charge < -0.3 is 24.0 Å². The number of likely N-dealkylation sites (N-methyl/N-ethyl adjacent to an activating group) is 1. The summed E-state index contributed by atoms with van der Waals surface area (Å²) in [4.78, 5) is 27.3. The van der Waals surface area contributed by atoms with Crippen LogP contribution in [0.2, 0.25) is 25.7 Å². The lowest BCUT2D eigenvalue weighted by Gasteiger charge is -2.32. The molecule has 2 aromatic heterocycles. The molecule has 1 aliphatic rings. The standard InChI is InChI=1S/C34H45N5O4Si/c1-37-16-18-38(19-17-37)34(40)27-12-10-26(11-13-27)32-36-31-30(28-8-6-9-29(24-28)43-21-7-20-41-2)14-15-35-33(31)39(32)25-42-22-23-44(3,4)5/h6,8-15,24H,7,16-23,25H2,1-5H3. The number of hydrogen-bond acceptors (Lipinski definition) is 7. The zero-order valence-corrected chi connectivity index (χ0v) is 27.7. The van der Waals surface area contributed by atoms with Crippen LogP contribution in [0.15, 0.2) is 60.8 Å². The van der Waals surface area contributed by atoms with E-state index in [-0.39, 0.29) is 5.91 Å². The van der Waals surface area contributed by atoms with Crippen molar-refractivity contribution in [3.05, 3.63) is 66.4 Å². The molecule has 9 nitrogen and oxygen atoms in total. The van der Waals surface area contributed by atoms with E-state index in [4.69, 9.17) is 24.2 Å². The molecule has 0 saturated carbocycles. The molecule has 234 valence electrons. The Morgan fingerprint density at radius 1 is 0.932 bits per heavy atom. The molecule has 10 heteroatoms. The van der Waals surface area contributed by atoms with Gasteiger partial charge in [-0.1, -0.05) is 43.9 Å². The first-order valence-corrected chi connectivity index (χ1v) is 19.2. The number of pyridine rings is 1. The fourth-order valence-corrected chi connectivity index (χ4v) is 5.98. The van der Waals surface area contributed by atoms with Crippen LogP contribution in [0.1, 0.15) is 16.8 Å². The molecule has 1 aliphatic heterocycles. The van der Waals surface area contributed by atoms with Crippen molar-refractivity contribution < 1.29 is 19.0 Å². The van der Waals surface area contributed by atoms with Crippen LogP contribution in [0.25, 0.3) is 33.7 Å². The van der Waals surface area contributed by atoms with E-state index in [2.05, 4.69) is 37.7 Å². The zero-order valence-electron chi connectivity index (χ0n) is 26.7. The number of nitrogens with zero attached hydrogens (tertiary/aromatic N) is 5. The predicted octanol–water partition coefficient (Wildman–Crippen LogP) is 5.88. The Hall–Kier alpha value is -3.57. The van der Waals surface area contributed by atoms with Gasteiger partial charge in [0.05, 0.1) is 6.61 Å². The largest absolute Gasteiger partial charge is 0.493 e. The van der Waals surface area contributed by atoms with Gasteiger partial charge in [-0.2, -0.15) is 0 Å². The van der Waals surface area contributed by atoms with Crippen molar-refractivity contribution in [1.29, 1.82) is 0 Å². The van der Waals surface area contributed by atoms with Crippen molar-refractivity contribution >= 4 is 25.1 Å². The highest BCUT2D eigenvalue weighted by Crippen LogP contribution is 2.33. The number of ether oxygens (including phenoxy) is 3. The Bertz CT molecular complexity index is 1540. The summed E-state index contributed by atoms with van der Waals surface area (Å²) in [7, 11) is 2.55. The highest BCUT2D eigenvalue weighted by Gasteiger charge is 2.22. The van der Waals surface area contributed by atoms with Gasteiger partial charge in [0.15, 0.2) is 5.65 Å². The lowest BCUT2D eigenvalue weighted by molar-refractivity contribution is 0.0664. The average Bonchev–Trinajstić information content (AvgIpc) is 3.40. The summed E-state index contributed by atoms with van der Waals surface area (Å²) in [5, 5.41) is 0. The lowest BCUT2D eigenvalue weighted by atomic mass is 10.1. The third-order valence-corrected chi connectivity index (χ3v) is 9.64. The van der Waals surface area contributed by atoms with E-state index in [0.717, 1.165) is 78.1 Å². The number of carbonyl (C=O) groups is 1. The summed E-state index contributed by atoms with van der Waals surface area (Å²) in [6.07, 6.45) is 2.65. The van der Waals surface area contributed by atoms with Gasteiger partial charge in [-0.3, -0.25) is 9.36 Å². The Balaban J connectivity index is 1.46. The number of hydrogen-bond donors (Lipinski definition) is 0. The number of aromatic nitrogens is 3. The fourth-order valence-electron chi connectivity index (χ4n) is 5.23. The Morgan fingerprint density at radius 2 is 1.70 bits per heavy atom. The minimum atomic E-state index is -1.24. The van der Waals surface area contributed by atoms with Gasteiger partial charge in [0.25, 0.3) is 5.91 Å². The van der Waals surface area contributed by atoms with E-state index in [9.17, 15) is 4.79 Å². The first-order chi connectivity index (χ1) is 21.2. The second-order valence-corrected chi connectivity index (χ2v) is 18.3. The van der Waals surface area contributed by atoms with Crippen molar-refractivity contribution in [3.8, 4) is 28.3 Å². The van der Waals surface area contributed by atoms with Gasteiger partial charge in [0.2, 0.25) is 0 Å². The lowest BCUT2D eigenvalue weighted by Crippen LogP contribution is -2.47. The molecule has 0 spiro atoms. The molecular weight excluding hydrogens is 570 g/mol. The molecule has 1 saturated heterocycles. The second-order valence-electron chi connectivity index (χ2n) is 12.6. The number of imidazole rings is 1. The van der Waals surface area contributed by atoms with Gasteiger partial charge in [-0.25, -0.2) is 9.97 Å². The van der Waals surface area contributed by atoms with Crippen molar-refractivity contribution in [1.82, 2.24) is 24.3 Å². The van der Waals surface area contributed by atoms with Gasteiger partial charge in [0, 0.05) is 83.9 Å². The van der Waals surface area contributed by atoms with E-state index < -0.39 is 8.07 Å². The maximum atomic E-state index is 13.2. The monoisotopic (exact) mass is 615 g/mol. The van der Waals surface area contributed by atoms with Crippen LogP contribution in [0, 0.1) is 0 Å². The number of amides is 1. The van der Waals surface area contributed by atoms with Gasteiger partial charge in [0.1, 0.15) is 23.8 Å². The Morgan fingerprint density at radius 3 is 2.43 bits per heavy atom. The number of methoxy groups -OCH3 is 1. The highest BCUT2D eigenvalue weighted by atomic mass is 28.3. The topological polar surface area (TPSA) is 82.0 Å². The first kappa shape index (κ1) is 31.8. The Kier molecular flexibility index (Phi) is 10.5. The average molecular weight is 616 g/mol. The van der Waals surface area contributed by atoms with Crippen LogP contribution in [0.3, 0.4) is 0 Å². The predicted molar refractivity (Wildman–Crippen MR) is 178 cm³/mol. The number of rotatable bonds is 13. The van der Waals surface area contributed by atoms with Crippen LogP contribution < -0.4 is 4.74 Å². The normalized spacial score (nSPS) is 14.3. The van der Waals surface area contributed by atoms with Crippen molar-refractivity contribution in [3.63, 3.8) is 0 Å². The van der Waals surface area contributed by atoms with Crippen LogP contribution in [0.4, 0.5) is 0 Å². The summed E-state index contributed by atoms with van der Waals surface area (Å²) in [6.45, 7) is 12.6. The molecule has 0 N–H and O–H groups in total. The molecule has 1 amide bonds. The second kappa shape index (κ2) is 14.5. The molecule has 0 unspecified atom stereocenters. The molecule has 2 aromatic carbocycles. The van der Waals surface area contributed by atoms with E-state index >= 15 is 0 Å². The van der Waals surface area contributed by atoms with Gasteiger partial charge in [-0.15, -0.1) is 0 Å². The summed E-state index contributed by atoms with van der Waals surface area (Å²) in [5.41, 5.74) is 5.13. The summed E-state index contributed by atoms with van der Waals surface area (Å²) >= 11 is 0. The van der Waals surface area contributed by atoms with E-state index in [1.165, 1.54) is 0 Å². The molecular formula is C34H45N5O4Si. The van der Waals surface area contributed by atoms with Crippen LogP contribution in [-0.4, -0.2) is 98.5 Å². The van der Waals surface area contributed by atoms with Crippen LogP contribution in [0.5, 0.6) is 5.75 Å². The van der Waals surface area contributed by atoms with Crippen molar-refractivity contribution in [2.75, 3.05) is 60.2 Å². The third-order valence-electron chi connectivity index (χ3n) is 7.94. The first-order valence-electron chi connectivity index (χ1n) is 15.5. The van der Waals surface area contributed by atoms with E-state index in [1.54, 1.807) is 7.11 Å².